The zero-order valence-electron chi connectivity index (χ0n) is 19.2. The van der Waals surface area contributed by atoms with Gasteiger partial charge in [-0.2, -0.15) is 0 Å². The third kappa shape index (κ3) is 4.82. The highest BCUT2D eigenvalue weighted by atomic mass is 32.1. The van der Waals surface area contributed by atoms with Gasteiger partial charge in [-0.25, -0.2) is 9.97 Å². The van der Waals surface area contributed by atoms with Gasteiger partial charge >= 0.3 is 0 Å². The average molecular weight is 467 g/mol. The molecule has 2 aromatic heterocycles. The van der Waals surface area contributed by atoms with Crippen molar-refractivity contribution in [2.24, 2.45) is 0 Å². The molecule has 0 saturated carbocycles. The lowest BCUT2D eigenvalue weighted by molar-refractivity contribution is 0.0503. The molecule has 7 nitrogen and oxygen atoms in total. The molecule has 1 atom stereocenters. The van der Waals surface area contributed by atoms with Crippen LogP contribution in [0.25, 0.3) is 10.9 Å². The van der Waals surface area contributed by atoms with Crippen molar-refractivity contribution >= 4 is 34.0 Å². The maximum Gasteiger partial charge on any atom is 0.273 e. The maximum atomic E-state index is 13.5. The number of hydrogen-bond donors (Lipinski definition) is 0. The molecule has 1 amide bonds. The number of ether oxygens (including phenoxy) is 2. The monoisotopic (exact) mass is 466 g/mol. The third-order valence-electron chi connectivity index (χ3n) is 6.42. The summed E-state index contributed by atoms with van der Waals surface area (Å²) in [4.78, 5) is 27.2. The first kappa shape index (κ1) is 22.1. The summed E-state index contributed by atoms with van der Waals surface area (Å²) in [5.41, 5.74) is 2.48. The lowest BCUT2D eigenvalue weighted by Crippen LogP contribution is -2.37. The second-order valence-corrected chi connectivity index (χ2v) is 9.86. The molecule has 3 aromatic rings. The van der Waals surface area contributed by atoms with Crippen LogP contribution in [0.15, 0.2) is 29.6 Å². The van der Waals surface area contributed by atoms with Crippen LogP contribution >= 0.6 is 11.3 Å². The van der Waals surface area contributed by atoms with E-state index in [1.165, 1.54) is 11.3 Å². The number of amides is 1. The molecule has 2 saturated heterocycles. The highest BCUT2D eigenvalue weighted by Crippen LogP contribution is 2.30. The van der Waals surface area contributed by atoms with E-state index in [4.69, 9.17) is 14.5 Å². The number of anilines is 1. The summed E-state index contributed by atoms with van der Waals surface area (Å²) < 4.78 is 11.3. The molecule has 2 aliphatic rings. The molecule has 174 valence electrons. The van der Waals surface area contributed by atoms with Crippen LogP contribution in [0.5, 0.6) is 5.75 Å². The number of carbonyl (C=O) groups is 1. The quantitative estimate of drug-likeness (QED) is 0.513. The Bertz CT molecular complexity index is 1140. The van der Waals surface area contributed by atoms with E-state index < -0.39 is 0 Å². The number of benzene rings is 1. The normalized spacial score (nSPS) is 18.2. The summed E-state index contributed by atoms with van der Waals surface area (Å²) in [5, 5.41) is 3.80. The molecular weight excluding hydrogens is 436 g/mol. The van der Waals surface area contributed by atoms with Crippen LogP contribution in [0.1, 0.15) is 46.7 Å². The van der Waals surface area contributed by atoms with Crippen molar-refractivity contribution in [2.75, 3.05) is 38.3 Å². The number of rotatable bonds is 7. The molecule has 8 heteroatoms. The molecule has 0 bridgehead atoms. The van der Waals surface area contributed by atoms with Crippen molar-refractivity contribution < 1.29 is 14.3 Å². The van der Waals surface area contributed by atoms with Crippen molar-refractivity contribution in [3.05, 3.63) is 45.9 Å². The van der Waals surface area contributed by atoms with E-state index in [0.29, 0.717) is 18.8 Å². The van der Waals surface area contributed by atoms with Crippen molar-refractivity contribution in [3.63, 3.8) is 0 Å². The first-order valence-corrected chi connectivity index (χ1v) is 12.5. The van der Waals surface area contributed by atoms with Crippen LogP contribution in [-0.2, 0) is 11.3 Å². The smallest absolute Gasteiger partial charge is 0.273 e. The number of aryl methyl sites for hydroxylation is 1. The van der Waals surface area contributed by atoms with Gasteiger partial charge in [0, 0.05) is 55.2 Å². The van der Waals surface area contributed by atoms with Crippen molar-refractivity contribution in [1.29, 1.82) is 0 Å². The molecule has 5 rings (SSSR count). The Morgan fingerprint density at radius 3 is 2.79 bits per heavy atom. The first-order chi connectivity index (χ1) is 16.1. The Labute approximate surface area is 198 Å². The van der Waals surface area contributed by atoms with Crippen LogP contribution in [0.2, 0.25) is 0 Å². The van der Waals surface area contributed by atoms with Gasteiger partial charge in [0.15, 0.2) is 0 Å². The minimum atomic E-state index is -0.0444. The van der Waals surface area contributed by atoms with Gasteiger partial charge in [-0.15, -0.1) is 11.3 Å². The van der Waals surface area contributed by atoms with Crippen molar-refractivity contribution in [2.45, 2.75) is 45.3 Å². The average Bonchev–Trinajstić information content (AvgIpc) is 3.60. The molecule has 0 radical (unpaired) electrons. The molecule has 4 heterocycles. The predicted octanol–water partition coefficient (Wildman–Crippen LogP) is 4.43. The lowest BCUT2D eigenvalue weighted by atomic mass is 10.1. The van der Waals surface area contributed by atoms with Crippen LogP contribution in [0.3, 0.4) is 0 Å². The third-order valence-corrected chi connectivity index (χ3v) is 7.19. The maximum absolute atomic E-state index is 13.5. The zero-order valence-corrected chi connectivity index (χ0v) is 20.1. The summed E-state index contributed by atoms with van der Waals surface area (Å²) in [5.74, 6) is 1.72. The summed E-state index contributed by atoms with van der Waals surface area (Å²) in [7, 11) is 1.67. The predicted molar refractivity (Wildman–Crippen MR) is 130 cm³/mol. The topological polar surface area (TPSA) is 67.8 Å². The Hall–Kier alpha value is -2.71. The Morgan fingerprint density at radius 1 is 1.24 bits per heavy atom. The summed E-state index contributed by atoms with van der Waals surface area (Å²) in [6.45, 7) is 5.71. The van der Waals surface area contributed by atoms with E-state index in [1.54, 1.807) is 7.11 Å². The van der Waals surface area contributed by atoms with Crippen LogP contribution in [-0.4, -0.2) is 60.2 Å². The van der Waals surface area contributed by atoms with Gasteiger partial charge in [0.25, 0.3) is 5.91 Å². The van der Waals surface area contributed by atoms with Gasteiger partial charge in [-0.1, -0.05) is 0 Å². The molecule has 1 aromatic carbocycles. The first-order valence-electron chi connectivity index (χ1n) is 11.7. The van der Waals surface area contributed by atoms with Gasteiger partial charge in [-0.05, 0) is 50.8 Å². The van der Waals surface area contributed by atoms with Gasteiger partial charge in [0.2, 0.25) is 0 Å². The van der Waals surface area contributed by atoms with Gasteiger partial charge in [0.05, 0.1) is 23.7 Å². The number of nitrogens with zero attached hydrogens (tertiary/aromatic N) is 4. The van der Waals surface area contributed by atoms with E-state index >= 15 is 0 Å². The van der Waals surface area contributed by atoms with Gasteiger partial charge in [-0.3, -0.25) is 4.79 Å². The molecule has 0 N–H and O–H groups in total. The fourth-order valence-electron chi connectivity index (χ4n) is 4.71. The standard InChI is InChI=1S/C25H30N4O3S/c1-17-26-23(16-33-17)25(30)29(15-21-6-5-11-32-21)14-19-12-18-7-8-20(31-2)13-22(18)27-24(19)28-9-3-4-10-28/h7-8,12-13,16,21H,3-6,9-11,14-15H2,1-2H3. The fraction of sp³-hybridized carbons (Fsp3) is 0.480. The minimum Gasteiger partial charge on any atom is -0.497 e. The van der Waals surface area contributed by atoms with Crippen molar-refractivity contribution in [1.82, 2.24) is 14.9 Å². The number of methoxy groups -OCH3 is 1. The van der Waals surface area contributed by atoms with Gasteiger partial charge in [0.1, 0.15) is 17.3 Å². The number of hydrogen-bond acceptors (Lipinski definition) is 7. The van der Waals surface area contributed by atoms with E-state index in [0.717, 1.165) is 78.4 Å². The minimum absolute atomic E-state index is 0.0444. The highest BCUT2D eigenvalue weighted by molar-refractivity contribution is 7.09. The number of pyridine rings is 1. The van der Waals surface area contributed by atoms with E-state index in [1.807, 2.05) is 35.4 Å². The molecule has 1 unspecified atom stereocenters. The lowest BCUT2D eigenvalue weighted by Gasteiger charge is -2.28. The highest BCUT2D eigenvalue weighted by Gasteiger charge is 2.27. The van der Waals surface area contributed by atoms with Crippen LogP contribution in [0.4, 0.5) is 5.82 Å². The summed E-state index contributed by atoms with van der Waals surface area (Å²) in [6, 6.07) is 8.15. The zero-order chi connectivity index (χ0) is 22.8. The molecular formula is C25H30N4O3S. The van der Waals surface area contributed by atoms with Crippen molar-refractivity contribution in [3.8, 4) is 5.75 Å². The molecule has 0 aliphatic carbocycles. The number of thiazole rings is 1. The summed E-state index contributed by atoms with van der Waals surface area (Å²) >= 11 is 1.51. The second-order valence-electron chi connectivity index (χ2n) is 8.80. The van der Waals surface area contributed by atoms with Crippen LogP contribution in [0, 0.1) is 6.92 Å². The molecule has 33 heavy (non-hydrogen) atoms. The number of aromatic nitrogens is 2. The summed E-state index contributed by atoms with van der Waals surface area (Å²) in [6.07, 6.45) is 4.42. The number of carbonyl (C=O) groups excluding carboxylic acids is 1. The largest absolute Gasteiger partial charge is 0.497 e. The van der Waals surface area contributed by atoms with E-state index in [-0.39, 0.29) is 12.0 Å². The molecule has 0 spiro atoms. The Kier molecular flexibility index (Phi) is 6.46. The van der Waals surface area contributed by atoms with E-state index in [9.17, 15) is 4.79 Å². The van der Waals surface area contributed by atoms with Gasteiger partial charge < -0.3 is 19.3 Å². The SMILES string of the molecule is COc1ccc2cc(CN(CC3CCCO3)C(=O)c3csc(C)n3)c(N3CCCC3)nc2c1. The Morgan fingerprint density at radius 2 is 2.09 bits per heavy atom. The van der Waals surface area contributed by atoms with Crippen LogP contribution < -0.4 is 9.64 Å². The molecule has 2 aliphatic heterocycles. The fourth-order valence-corrected chi connectivity index (χ4v) is 5.30. The van der Waals surface area contributed by atoms with E-state index in [2.05, 4.69) is 16.0 Å². The Balaban J connectivity index is 1.52. The second kappa shape index (κ2) is 9.65. The number of fused-ring (bicyclic) bond motifs is 1. The molecule has 2 fully saturated rings.